The van der Waals surface area contributed by atoms with Gasteiger partial charge < -0.3 is 19.6 Å². The first-order valence-electron chi connectivity index (χ1n) is 13.5. The Balaban J connectivity index is 1.30. The first-order chi connectivity index (χ1) is 16.5. The smallest absolute Gasteiger partial charge is 0.410 e. The zero-order valence-electron chi connectivity index (χ0n) is 20.9. The van der Waals surface area contributed by atoms with Gasteiger partial charge in [-0.1, -0.05) is 18.9 Å². The van der Waals surface area contributed by atoms with Crippen molar-refractivity contribution in [3.63, 3.8) is 0 Å². The van der Waals surface area contributed by atoms with Crippen LogP contribution in [0.1, 0.15) is 82.8 Å². The molecule has 5 heteroatoms. The molecule has 0 aromatic heterocycles. The molecule has 2 saturated heterocycles. The topological polar surface area (TPSA) is 53.0 Å². The predicted octanol–water partition coefficient (Wildman–Crippen LogP) is 4.89. The third kappa shape index (κ3) is 4.36. The van der Waals surface area contributed by atoms with Gasteiger partial charge in [0.05, 0.1) is 0 Å². The van der Waals surface area contributed by atoms with Crippen molar-refractivity contribution in [3.8, 4) is 17.6 Å². The van der Waals surface area contributed by atoms with Gasteiger partial charge in [0.1, 0.15) is 11.4 Å². The number of hydrogen-bond acceptors (Lipinski definition) is 4. The zero-order chi connectivity index (χ0) is 23.8. The van der Waals surface area contributed by atoms with Crippen LogP contribution in [0.25, 0.3) is 0 Å². The van der Waals surface area contributed by atoms with Crippen LogP contribution < -0.4 is 4.74 Å². The number of carbonyl (C=O) groups excluding carboxylic acids is 1. The highest BCUT2D eigenvalue weighted by Gasteiger charge is 2.50. The minimum absolute atomic E-state index is 0.0908. The van der Waals surface area contributed by atoms with Crippen LogP contribution >= 0.6 is 0 Å². The van der Waals surface area contributed by atoms with Gasteiger partial charge >= 0.3 is 6.09 Å². The maximum absolute atomic E-state index is 13.1. The van der Waals surface area contributed by atoms with Crippen LogP contribution in [0.4, 0.5) is 4.79 Å². The van der Waals surface area contributed by atoms with Crippen LogP contribution in [0.2, 0.25) is 0 Å². The SMILES string of the molecule is CC#C[C@@]1(O)CC[C@@]2(CC)c3ccc(OC(=O)N4CCCC4CN4CCCC4)cc3CC[C@@H]2C1. The van der Waals surface area contributed by atoms with Crippen molar-refractivity contribution in [1.82, 2.24) is 9.80 Å². The number of benzene rings is 1. The number of rotatable bonds is 4. The van der Waals surface area contributed by atoms with Crippen molar-refractivity contribution in [2.75, 3.05) is 26.2 Å². The number of fused-ring (bicyclic) bond motifs is 3. The zero-order valence-corrected chi connectivity index (χ0v) is 20.9. The lowest BCUT2D eigenvalue weighted by Gasteiger charge is -2.52. The molecule has 1 N–H and O–H groups in total. The van der Waals surface area contributed by atoms with E-state index in [2.05, 4.69) is 35.8 Å². The molecule has 4 aliphatic rings. The second-order valence-corrected chi connectivity index (χ2v) is 11.0. The molecule has 1 saturated carbocycles. The van der Waals surface area contributed by atoms with Gasteiger partial charge in [-0.3, -0.25) is 0 Å². The quantitative estimate of drug-likeness (QED) is 0.645. The fourth-order valence-electron chi connectivity index (χ4n) is 7.42. The summed E-state index contributed by atoms with van der Waals surface area (Å²) in [7, 11) is 0. The van der Waals surface area contributed by atoms with Crippen molar-refractivity contribution < 1.29 is 14.6 Å². The van der Waals surface area contributed by atoms with E-state index in [-0.39, 0.29) is 17.6 Å². The first-order valence-corrected chi connectivity index (χ1v) is 13.5. The van der Waals surface area contributed by atoms with E-state index in [0.29, 0.717) is 11.7 Å². The maximum atomic E-state index is 13.1. The summed E-state index contributed by atoms with van der Waals surface area (Å²) in [6.07, 6.45) is 10.0. The fraction of sp³-hybridized carbons (Fsp3) is 0.690. The Morgan fingerprint density at radius 1 is 1.18 bits per heavy atom. The Bertz CT molecular complexity index is 975. The molecule has 3 fully saturated rings. The molecule has 1 aromatic rings. The molecule has 2 aliphatic heterocycles. The number of carbonyl (C=O) groups is 1. The van der Waals surface area contributed by atoms with Gasteiger partial charge in [0, 0.05) is 19.1 Å². The van der Waals surface area contributed by atoms with Crippen molar-refractivity contribution in [2.24, 2.45) is 5.92 Å². The standard InChI is InChI=1S/C29H40N2O3/c1-3-13-28(33)14-15-29(4-2)23(20-28)10-9-22-19-25(11-12-26(22)29)34-27(32)31-18-7-8-24(31)21-30-16-5-6-17-30/h11-12,19,23-24,33H,4-10,14-18,20-21H2,1-2H3/t23-,24?,28-,29-/m1/s1. The van der Waals surface area contributed by atoms with Crippen LogP contribution in [-0.4, -0.2) is 58.8 Å². The number of ether oxygens (including phenoxy) is 1. The molecule has 4 atom stereocenters. The van der Waals surface area contributed by atoms with Crippen LogP contribution in [0.3, 0.4) is 0 Å². The number of likely N-dealkylation sites (tertiary alicyclic amines) is 2. The third-order valence-corrected chi connectivity index (χ3v) is 9.20. The van der Waals surface area contributed by atoms with E-state index in [4.69, 9.17) is 4.74 Å². The van der Waals surface area contributed by atoms with Gasteiger partial charge in [0.15, 0.2) is 0 Å². The summed E-state index contributed by atoms with van der Waals surface area (Å²) >= 11 is 0. The third-order valence-electron chi connectivity index (χ3n) is 9.20. The molecule has 2 aliphatic carbocycles. The van der Waals surface area contributed by atoms with E-state index < -0.39 is 5.60 Å². The summed E-state index contributed by atoms with van der Waals surface area (Å²) in [4.78, 5) is 17.5. The van der Waals surface area contributed by atoms with Crippen LogP contribution in [0, 0.1) is 17.8 Å². The van der Waals surface area contributed by atoms with Crippen molar-refractivity contribution in [1.29, 1.82) is 0 Å². The monoisotopic (exact) mass is 464 g/mol. The van der Waals surface area contributed by atoms with E-state index in [9.17, 15) is 9.90 Å². The molecule has 184 valence electrons. The normalized spacial score (nSPS) is 33.1. The lowest BCUT2D eigenvalue weighted by molar-refractivity contribution is -0.00926. The van der Waals surface area contributed by atoms with Gasteiger partial charge in [-0.15, -0.1) is 5.92 Å². The minimum Gasteiger partial charge on any atom is -0.410 e. The lowest BCUT2D eigenvalue weighted by Crippen LogP contribution is -2.49. The molecule has 2 heterocycles. The Morgan fingerprint density at radius 3 is 2.76 bits per heavy atom. The summed E-state index contributed by atoms with van der Waals surface area (Å²) in [5.41, 5.74) is 1.95. The van der Waals surface area contributed by atoms with Gasteiger partial charge in [-0.25, -0.2) is 4.79 Å². The summed E-state index contributed by atoms with van der Waals surface area (Å²) in [5.74, 6) is 7.13. The van der Waals surface area contributed by atoms with Crippen molar-refractivity contribution in [3.05, 3.63) is 29.3 Å². The molecule has 1 unspecified atom stereocenters. The largest absolute Gasteiger partial charge is 0.415 e. The van der Waals surface area contributed by atoms with E-state index in [1.807, 2.05) is 17.9 Å². The predicted molar refractivity (Wildman–Crippen MR) is 134 cm³/mol. The minimum atomic E-state index is -0.841. The number of hydrogen-bond donors (Lipinski definition) is 1. The number of aliphatic hydroxyl groups is 1. The summed E-state index contributed by atoms with van der Waals surface area (Å²) < 4.78 is 5.94. The molecule has 5 nitrogen and oxygen atoms in total. The maximum Gasteiger partial charge on any atom is 0.415 e. The first kappa shape index (κ1) is 23.7. The molecular formula is C29H40N2O3. The van der Waals surface area contributed by atoms with E-state index >= 15 is 0 Å². The van der Waals surface area contributed by atoms with Crippen LogP contribution in [-0.2, 0) is 11.8 Å². The van der Waals surface area contributed by atoms with E-state index in [1.165, 1.54) is 24.0 Å². The van der Waals surface area contributed by atoms with E-state index in [1.54, 1.807) is 0 Å². The van der Waals surface area contributed by atoms with Crippen molar-refractivity contribution >= 4 is 6.09 Å². The van der Waals surface area contributed by atoms with Gasteiger partial charge in [0.2, 0.25) is 0 Å². The highest BCUT2D eigenvalue weighted by molar-refractivity contribution is 5.71. The summed E-state index contributed by atoms with van der Waals surface area (Å²) in [6.45, 7) is 8.19. The van der Waals surface area contributed by atoms with Gasteiger partial charge in [0.25, 0.3) is 0 Å². The molecule has 34 heavy (non-hydrogen) atoms. The molecule has 0 radical (unpaired) electrons. The highest BCUT2D eigenvalue weighted by Crippen LogP contribution is 2.54. The second-order valence-electron chi connectivity index (χ2n) is 11.0. The second kappa shape index (κ2) is 9.55. The van der Waals surface area contributed by atoms with Crippen LogP contribution in [0.5, 0.6) is 5.75 Å². The molecule has 5 rings (SSSR count). The average molecular weight is 465 g/mol. The number of nitrogens with zero attached hydrogens (tertiary/aromatic N) is 2. The number of aryl methyl sites for hydroxylation is 1. The highest BCUT2D eigenvalue weighted by atomic mass is 16.6. The Kier molecular flexibility index (Phi) is 6.66. The lowest BCUT2D eigenvalue weighted by atomic mass is 9.53. The van der Waals surface area contributed by atoms with E-state index in [0.717, 1.165) is 77.5 Å². The van der Waals surface area contributed by atoms with Crippen molar-refractivity contribution in [2.45, 2.75) is 95.1 Å². The molecule has 1 amide bonds. The molecular weight excluding hydrogens is 424 g/mol. The van der Waals surface area contributed by atoms with Gasteiger partial charge in [-0.05, 0) is 119 Å². The van der Waals surface area contributed by atoms with Crippen LogP contribution in [0.15, 0.2) is 18.2 Å². The number of amides is 1. The fourth-order valence-corrected chi connectivity index (χ4v) is 7.42. The Hall–Kier alpha value is -2.03. The average Bonchev–Trinajstić information content (AvgIpc) is 3.51. The summed E-state index contributed by atoms with van der Waals surface area (Å²) in [6, 6.07) is 6.59. The molecule has 0 spiro atoms. The molecule has 1 aromatic carbocycles. The Morgan fingerprint density at radius 2 is 2.00 bits per heavy atom. The van der Waals surface area contributed by atoms with Gasteiger partial charge in [-0.2, -0.15) is 0 Å². The molecule has 0 bridgehead atoms. The summed E-state index contributed by atoms with van der Waals surface area (Å²) in [5, 5.41) is 11.0. The Labute approximate surface area is 204 Å².